The number of alkyl halides is 2. The lowest BCUT2D eigenvalue weighted by Crippen LogP contribution is -2.14. The van der Waals surface area contributed by atoms with Gasteiger partial charge in [0.2, 0.25) is 0 Å². The summed E-state index contributed by atoms with van der Waals surface area (Å²) < 4.78 is 25.3. The van der Waals surface area contributed by atoms with Gasteiger partial charge in [0.05, 0.1) is 0 Å². The zero-order chi connectivity index (χ0) is 16.4. The third-order valence-corrected chi connectivity index (χ3v) is 3.28. The van der Waals surface area contributed by atoms with Crippen molar-refractivity contribution in [3.05, 3.63) is 41.2 Å². The number of benzene rings is 1. The van der Waals surface area contributed by atoms with Crippen LogP contribution < -0.4 is 5.32 Å². The number of rotatable bonds is 4. The fourth-order valence-corrected chi connectivity index (χ4v) is 2.06. The van der Waals surface area contributed by atoms with Crippen LogP contribution in [0.1, 0.15) is 47.9 Å². The zero-order valence-corrected chi connectivity index (χ0v) is 12.5. The van der Waals surface area contributed by atoms with Crippen molar-refractivity contribution in [1.82, 2.24) is 9.78 Å². The summed E-state index contributed by atoms with van der Waals surface area (Å²) >= 11 is 0. The van der Waals surface area contributed by atoms with Crippen LogP contribution in [0.5, 0.6) is 5.75 Å². The van der Waals surface area contributed by atoms with E-state index < -0.39 is 12.5 Å². The lowest BCUT2D eigenvalue weighted by molar-refractivity contribution is 0.0561. The van der Waals surface area contributed by atoms with Crippen LogP contribution in [0.4, 0.5) is 14.5 Å². The molecule has 0 unspecified atom stereocenters. The number of aryl methyl sites for hydroxylation is 1. The minimum atomic E-state index is -2.79. The molecule has 1 aromatic carbocycles. The summed E-state index contributed by atoms with van der Waals surface area (Å²) in [5, 5.41) is 16.0. The highest BCUT2D eigenvalue weighted by atomic mass is 19.3. The van der Waals surface area contributed by atoms with Crippen molar-refractivity contribution >= 4 is 11.6 Å². The topological polar surface area (TPSA) is 67.2 Å². The highest BCUT2D eigenvalue weighted by molar-refractivity contribution is 6.03. The van der Waals surface area contributed by atoms with Crippen LogP contribution in [0.2, 0.25) is 0 Å². The van der Waals surface area contributed by atoms with Crippen molar-refractivity contribution in [1.29, 1.82) is 0 Å². The molecule has 0 aliphatic rings. The molecule has 0 radical (unpaired) electrons. The van der Waals surface area contributed by atoms with Gasteiger partial charge < -0.3 is 10.4 Å². The molecule has 0 bridgehead atoms. The van der Waals surface area contributed by atoms with Gasteiger partial charge in [0.25, 0.3) is 5.91 Å². The molecular formula is C15H17F2N3O2. The SMILES string of the molecule is Cc1cc(O)c(C(C)C)cc1NC(=O)c1ccn(C(F)F)n1. The molecule has 0 saturated heterocycles. The van der Waals surface area contributed by atoms with E-state index >= 15 is 0 Å². The number of hydrogen-bond donors (Lipinski definition) is 2. The lowest BCUT2D eigenvalue weighted by atomic mass is 9.99. The second-order valence-electron chi connectivity index (χ2n) is 5.29. The number of aromatic nitrogens is 2. The Bertz CT molecular complexity index is 696. The first kappa shape index (κ1) is 15.9. The molecule has 0 saturated carbocycles. The maximum absolute atomic E-state index is 12.5. The van der Waals surface area contributed by atoms with Crippen LogP contribution in [0.25, 0.3) is 0 Å². The number of carbonyl (C=O) groups is 1. The minimum Gasteiger partial charge on any atom is -0.508 e. The molecule has 0 spiro atoms. The fourth-order valence-electron chi connectivity index (χ4n) is 2.06. The van der Waals surface area contributed by atoms with Crippen LogP contribution in [0.15, 0.2) is 24.4 Å². The van der Waals surface area contributed by atoms with Crippen molar-refractivity contribution in [2.45, 2.75) is 33.2 Å². The van der Waals surface area contributed by atoms with Gasteiger partial charge in [-0.15, -0.1) is 0 Å². The normalized spacial score (nSPS) is 11.2. The highest BCUT2D eigenvalue weighted by Gasteiger charge is 2.16. The molecule has 0 aliphatic carbocycles. The lowest BCUT2D eigenvalue weighted by Gasteiger charge is -2.14. The molecule has 5 nitrogen and oxygen atoms in total. The molecule has 2 aromatic rings. The van der Waals surface area contributed by atoms with Gasteiger partial charge in [0.1, 0.15) is 5.75 Å². The Balaban J connectivity index is 2.25. The van der Waals surface area contributed by atoms with E-state index in [9.17, 15) is 18.7 Å². The summed E-state index contributed by atoms with van der Waals surface area (Å²) in [5.74, 6) is -0.343. The Morgan fingerprint density at radius 2 is 2.05 bits per heavy atom. The Morgan fingerprint density at radius 1 is 1.36 bits per heavy atom. The predicted octanol–water partition coefficient (Wildman–Crippen LogP) is 3.67. The summed E-state index contributed by atoms with van der Waals surface area (Å²) in [7, 11) is 0. The number of phenolic OH excluding ortho intramolecular Hbond substituents is 1. The number of phenols is 1. The van der Waals surface area contributed by atoms with Crippen LogP contribution >= 0.6 is 0 Å². The molecular weight excluding hydrogens is 292 g/mol. The van der Waals surface area contributed by atoms with Crippen molar-refractivity contribution in [3.63, 3.8) is 0 Å². The van der Waals surface area contributed by atoms with Crippen molar-refractivity contribution < 1.29 is 18.7 Å². The molecule has 0 aliphatic heterocycles. The first-order chi connectivity index (χ1) is 10.3. The van der Waals surface area contributed by atoms with E-state index in [1.807, 2.05) is 13.8 Å². The first-order valence-corrected chi connectivity index (χ1v) is 6.77. The second-order valence-corrected chi connectivity index (χ2v) is 5.29. The molecule has 7 heteroatoms. The standard InChI is InChI=1S/C15H17F2N3O2/c1-8(2)10-7-12(9(3)6-13(10)21)18-14(22)11-4-5-20(19-11)15(16)17/h4-8,15,21H,1-3H3,(H,18,22). The maximum Gasteiger partial charge on any atom is 0.333 e. The Kier molecular flexibility index (Phi) is 4.44. The third-order valence-electron chi connectivity index (χ3n) is 3.28. The van der Waals surface area contributed by atoms with Crippen LogP contribution in [0.3, 0.4) is 0 Å². The predicted molar refractivity (Wildman–Crippen MR) is 78.4 cm³/mol. The number of nitrogens with zero attached hydrogens (tertiary/aromatic N) is 2. The van der Waals surface area contributed by atoms with E-state index in [1.54, 1.807) is 19.1 Å². The molecule has 1 heterocycles. The molecule has 1 aromatic heterocycles. The summed E-state index contributed by atoms with van der Waals surface area (Å²) in [4.78, 5) is 12.1. The summed E-state index contributed by atoms with van der Waals surface area (Å²) in [6.45, 7) is 2.78. The number of aromatic hydroxyl groups is 1. The van der Waals surface area contributed by atoms with Crippen LogP contribution in [0, 0.1) is 6.92 Å². The second kappa shape index (κ2) is 6.13. The van der Waals surface area contributed by atoms with E-state index in [1.165, 1.54) is 6.07 Å². The quantitative estimate of drug-likeness (QED) is 0.847. The van der Waals surface area contributed by atoms with Gasteiger partial charge in [-0.2, -0.15) is 13.9 Å². The number of amides is 1. The smallest absolute Gasteiger partial charge is 0.333 e. The van der Waals surface area contributed by atoms with Gasteiger partial charge in [-0.3, -0.25) is 4.79 Å². The Labute approximate surface area is 126 Å². The number of carbonyl (C=O) groups excluding carboxylic acids is 1. The maximum atomic E-state index is 12.5. The molecule has 2 N–H and O–H groups in total. The van der Waals surface area contributed by atoms with Crippen molar-refractivity contribution in [2.75, 3.05) is 5.32 Å². The molecule has 118 valence electrons. The molecule has 1 amide bonds. The molecule has 2 rings (SSSR count). The largest absolute Gasteiger partial charge is 0.508 e. The fraction of sp³-hybridized carbons (Fsp3) is 0.333. The number of nitrogens with one attached hydrogen (secondary N) is 1. The molecule has 22 heavy (non-hydrogen) atoms. The van der Waals surface area contributed by atoms with E-state index in [4.69, 9.17) is 0 Å². The number of hydrogen-bond acceptors (Lipinski definition) is 3. The van der Waals surface area contributed by atoms with Crippen molar-refractivity contribution in [3.8, 4) is 5.75 Å². The van der Waals surface area contributed by atoms with Gasteiger partial charge in [-0.25, -0.2) is 4.68 Å². The Hall–Kier alpha value is -2.44. The summed E-state index contributed by atoms with van der Waals surface area (Å²) in [5.41, 5.74) is 1.78. The van der Waals surface area contributed by atoms with Gasteiger partial charge in [0, 0.05) is 11.9 Å². The Morgan fingerprint density at radius 3 is 2.59 bits per heavy atom. The average Bonchev–Trinajstić information content (AvgIpc) is 2.91. The first-order valence-electron chi connectivity index (χ1n) is 6.77. The monoisotopic (exact) mass is 309 g/mol. The van der Waals surface area contributed by atoms with Crippen molar-refractivity contribution in [2.24, 2.45) is 0 Å². The van der Waals surface area contributed by atoms with Gasteiger partial charge in [-0.05, 0) is 42.2 Å². The molecule has 0 atom stereocenters. The number of halogens is 2. The van der Waals surface area contributed by atoms with Gasteiger partial charge in [-0.1, -0.05) is 13.8 Å². The zero-order valence-electron chi connectivity index (χ0n) is 12.5. The highest BCUT2D eigenvalue weighted by Crippen LogP contribution is 2.31. The van der Waals surface area contributed by atoms with Crippen LogP contribution in [-0.4, -0.2) is 20.8 Å². The average molecular weight is 309 g/mol. The minimum absolute atomic E-state index is 0.0781. The van der Waals surface area contributed by atoms with Crippen LogP contribution in [-0.2, 0) is 0 Å². The van der Waals surface area contributed by atoms with Gasteiger partial charge >= 0.3 is 6.55 Å². The number of anilines is 1. The third kappa shape index (κ3) is 3.24. The van der Waals surface area contributed by atoms with E-state index in [0.29, 0.717) is 21.5 Å². The van der Waals surface area contributed by atoms with E-state index in [-0.39, 0.29) is 17.4 Å². The summed E-state index contributed by atoms with van der Waals surface area (Å²) in [6, 6.07) is 4.46. The van der Waals surface area contributed by atoms with Gasteiger partial charge in [0.15, 0.2) is 5.69 Å². The van der Waals surface area contributed by atoms with E-state index in [2.05, 4.69) is 10.4 Å². The summed E-state index contributed by atoms with van der Waals surface area (Å²) in [6.07, 6.45) is 1.04. The molecule has 0 fully saturated rings. The van der Waals surface area contributed by atoms with E-state index in [0.717, 1.165) is 6.20 Å².